The molecule has 1 aromatic carbocycles. The highest BCUT2D eigenvalue weighted by molar-refractivity contribution is 6.32. The van der Waals surface area contributed by atoms with Gasteiger partial charge in [-0.25, -0.2) is 5.84 Å². The van der Waals surface area contributed by atoms with Crippen molar-refractivity contribution in [2.24, 2.45) is 5.84 Å². The van der Waals surface area contributed by atoms with Gasteiger partial charge in [-0.05, 0) is 6.07 Å². The van der Waals surface area contributed by atoms with Crippen molar-refractivity contribution in [1.29, 1.82) is 0 Å². The van der Waals surface area contributed by atoms with Crippen molar-refractivity contribution in [2.45, 2.75) is 0 Å². The van der Waals surface area contributed by atoms with Crippen LogP contribution >= 0.6 is 36.4 Å². The van der Waals surface area contributed by atoms with Gasteiger partial charge in [0.05, 0.1) is 38.1 Å². The zero-order valence-corrected chi connectivity index (χ0v) is 12.4. The van der Waals surface area contributed by atoms with Gasteiger partial charge in [0.1, 0.15) is 11.5 Å². The number of nitrogens with zero attached hydrogens (tertiary/aromatic N) is 1. The van der Waals surface area contributed by atoms with Gasteiger partial charge in [0.15, 0.2) is 0 Å². The molecule has 18 heavy (non-hydrogen) atoms. The molecule has 0 radical (unpaired) electrons. The molecule has 1 rings (SSSR count). The van der Waals surface area contributed by atoms with E-state index < -0.39 is 0 Å². The van der Waals surface area contributed by atoms with Gasteiger partial charge in [-0.1, -0.05) is 11.6 Å². The van der Waals surface area contributed by atoms with Crippen molar-refractivity contribution in [3.63, 3.8) is 0 Å². The third kappa shape index (κ3) is 4.59. The van der Waals surface area contributed by atoms with Crippen LogP contribution in [-0.4, -0.2) is 32.5 Å². The van der Waals surface area contributed by atoms with Crippen LogP contribution in [0.25, 0.3) is 0 Å². The summed E-state index contributed by atoms with van der Waals surface area (Å²) in [5, 5.41) is 10.6. The van der Waals surface area contributed by atoms with Crippen LogP contribution in [0.1, 0.15) is 0 Å². The Morgan fingerprint density at radius 1 is 1.22 bits per heavy atom. The molecule has 0 amide bonds. The van der Waals surface area contributed by atoms with Crippen LogP contribution in [0.2, 0.25) is 5.02 Å². The Kier molecular flexibility index (Phi) is 10.3. The fourth-order valence-electron chi connectivity index (χ4n) is 1.30. The topological polar surface area (TPSA) is 68.0 Å². The molecule has 0 spiro atoms. The predicted molar refractivity (Wildman–Crippen MR) is 77.7 cm³/mol. The fraction of sp³-hybridized carbons (Fsp3) is 0.400. The summed E-state index contributed by atoms with van der Waals surface area (Å²) in [5.41, 5.74) is 0.599. The smallest absolute Gasteiger partial charge is 0.147 e. The number of ether oxygens (including phenoxy) is 2. The van der Waals surface area contributed by atoms with Gasteiger partial charge in [-0.15, -0.1) is 24.8 Å². The first kappa shape index (κ1) is 19.7. The SMILES string of the molecule is COc1cc(OC)c(N(N)CCO)cc1Cl.Cl.Cl. The Balaban J connectivity index is 0. The molecule has 0 saturated heterocycles. The van der Waals surface area contributed by atoms with E-state index in [9.17, 15) is 0 Å². The Hall–Kier alpha value is -0.590. The second-order valence-electron chi connectivity index (χ2n) is 3.08. The molecule has 0 unspecified atom stereocenters. The van der Waals surface area contributed by atoms with Gasteiger partial charge >= 0.3 is 0 Å². The van der Waals surface area contributed by atoms with E-state index in [0.717, 1.165) is 0 Å². The minimum atomic E-state index is -0.0523. The molecule has 1 aromatic rings. The molecule has 0 saturated carbocycles. The highest BCUT2D eigenvalue weighted by atomic mass is 35.5. The van der Waals surface area contributed by atoms with Crippen molar-refractivity contribution in [2.75, 3.05) is 32.4 Å². The Morgan fingerprint density at radius 3 is 2.22 bits per heavy atom. The lowest BCUT2D eigenvalue weighted by molar-refractivity contribution is 0.301. The summed E-state index contributed by atoms with van der Waals surface area (Å²) in [6.07, 6.45) is 0. The van der Waals surface area contributed by atoms with E-state index in [0.29, 0.717) is 28.8 Å². The van der Waals surface area contributed by atoms with Crippen LogP contribution < -0.4 is 20.3 Å². The van der Waals surface area contributed by atoms with E-state index in [1.165, 1.54) is 19.2 Å². The number of rotatable bonds is 5. The van der Waals surface area contributed by atoms with E-state index in [4.69, 9.17) is 32.0 Å². The molecule has 3 N–H and O–H groups in total. The van der Waals surface area contributed by atoms with E-state index in [-0.39, 0.29) is 31.4 Å². The van der Waals surface area contributed by atoms with Gasteiger partial charge in [0.2, 0.25) is 0 Å². The number of hydrazine groups is 1. The zero-order chi connectivity index (χ0) is 12.1. The maximum absolute atomic E-state index is 8.81. The number of benzene rings is 1. The van der Waals surface area contributed by atoms with Crippen molar-refractivity contribution < 1.29 is 14.6 Å². The van der Waals surface area contributed by atoms with Crippen molar-refractivity contribution in [3.05, 3.63) is 17.2 Å². The van der Waals surface area contributed by atoms with Crippen LogP contribution in [-0.2, 0) is 0 Å². The number of hydrogen-bond acceptors (Lipinski definition) is 5. The van der Waals surface area contributed by atoms with Gasteiger partial charge < -0.3 is 19.6 Å². The van der Waals surface area contributed by atoms with Gasteiger partial charge in [0, 0.05) is 6.07 Å². The van der Waals surface area contributed by atoms with Crippen LogP contribution in [0, 0.1) is 0 Å². The summed E-state index contributed by atoms with van der Waals surface area (Å²) in [5.74, 6) is 6.79. The minimum Gasteiger partial charge on any atom is -0.495 e. The lowest BCUT2D eigenvalue weighted by Crippen LogP contribution is -2.33. The molecule has 0 atom stereocenters. The number of anilines is 1. The number of hydrogen-bond donors (Lipinski definition) is 2. The molecule has 0 aliphatic heterocycles. The number of aliphatic hydroxyl groups is 1. The summed E-state index contributed by atoms with van der Waals surface area (Å²) in [7, 11) is 3.05. The highest BCUT2D eigenvalue weighted by Gasteiger charge is 2.13. The molecule has 0 bridgehead atoms. The summed E-state index contributed by atoms with van der Waals surface area (Å²) in [4.78, 5) is 0. The van der Waals surface area contributed by atoms with E-state index >= 15 is 0 Å². The summed E-state index contributed by atoms with van der Waals surface area (Å²) >= 11 is 5.98. The zero-order valence-electron chi connectivity index (χ0n) is 10.1. The number of aliphatic hydroxyl groups excluding tert-OH is 1. The fourth-order valence-corrected chi connectivity index (χ4v) is 1.53. The second-order valence-corrected chi connectivity index (χ2v) is 3.48. The Morgan fingerprint density at radius 2 is 1.78 bits per heavy atom. The van der Waals surface area contributed by atoms with Crippen LogP contribution in [0.3, 0.4) is 0 Å². The second kappa shape index (κ2) is 9.35. The lowest BCUT2D eigenvalue weighted by Gasteiger charge is -2.21. The Labute approximate surface area is 124 Å². The molecule has 0 aliphatic rings. The minimum absolute atomic E-state index is 0. The standard InChI is InChI=1S/C10H15ClN2O3.2ClH/c1-15-9-6-10(16-2)8(5-7(9)11)13(12)3-4-14;;/h5-6,14H,3-4,12H2,1-2H3;2*1H. The van der Waals surface area contributed by atoms with Gasteiger partial charge in [0.25, 0.3) is 0 Å². The molecule has 0 aliphatic carbocycles. The van der Waals surface area contributed by atoms with Crippen LogP contribution in [0.5, 0.6) is 11.5 Å². The first-order valence-corrected chi connectivity index (χ1v) is 5.06. The average molecular weight is 320 g/mol. The summed E-state index contributed by atoms with van der Waals surface area (Å²) in [6.45, 7) is 0.238. The first-order valence-electron chi connectivity index (χ1n) is 4.68. The van der Waals surface area contributed by atoms with E-state index in [1.54, 1.807) is 12.1 Å². The van der Waals surface area contributed by atoms with Gasteiger partial charge in [-0.3, -0.25) is 0 Å². The quantitative estimate of drug-likeness (QED) is 0.640. The molecule has 8 heteroatoms. The molecule has 106 valence electrons. The molecule has 0 aromatic heterocycles. The summed E-state index contributed by atoms with van der Waals surface area (Å²) in [6, 6.07) is 3.28. The van der Waals surface area contributed by atoms with Crippen molar-refractivity contribution in [1.82, 2.24) is 0 Å². The third-order valence-electron chi connectivity index (χ3n) is 2.10. The average Bonchev–Trinajstić information content (AvgIpc) is 2.29. The number of nitrogens with two attached hydrogens (primary N) is 1. The predicted octanol–water partition coefficient (Wildman–Crippen LogP) is 1.87. The normalized spacial score (nSPS) is 8.94. The Bertz CT molecular complexity index is 366. The molecule has 0 fully saturated rings. The monoisotopic (exact) mass is 318 g/mol. The maximum Gasteiger partial charge on any atom is 0.147 e. The third-order valence-corrected chi connectivity index (χ3v) is 2.40. The van der Waals surface area contributed by atoms with E-state index in [2.05, 4.69) is 0 Å². The number of methoxy groups -OCH3 is 2. The number of halogens is 3. The van der Waals surface area contributed by atoms with Crippen molar-refractivity contribution >= 4 is 42.1 Å². The van der Waals surface area contributed by atoms with Gasteiger partial charge in [-0.2, -0.15) is 0 Å². The first-order chi connectivity index (χ1) is 7.63. The molecule has 0 heterocycles. The van der Waals surface area contributed by atoms with Crippen molar-refractivity contribution in [3.8, 4) is 11.5 Å². The molecular weight excluding hydrogens is 302 g/mol. The molecule has 5 nitrogen and oxygen atoms in total. The van der Waals surface area contributed by atoms with Crippen LogP contribution in [0.15, 0.2) is 12.1 Å². The summed E-state index contributed by atoms with van der Waals surface area (Å²) < 4.78 is 10.2. The van der Waals surface area contributed by atoms with E-state index in [1.807, 2.05) is 0 Å². The van der Waals surface area contributed by atoms with Crippen LogP contribution in [0.4, 0.5) is 5.69 Å². The largest absolute Gasteiger partial charge is 0.495 e. The molecular formula is C10H17Cl3N2O3. The maximum atomic E-state index is 8.81. The highest BCUT2D eigenvalue weighted by Crippen LogP contribution is 2.36. The lowest BCUT2D eigenvalue weighted by atomic mass is 10.2.